The zero-order valence-electron chi connectivity index (χ0n) is 7.54. The minimum atomic E-state index is -1.15. The number of carboxylic acid groups (broad SMARTS) is 1. The highest BCUT2D eigenvalue weighted by molar-refractivity contribution is 5.71. The first-order valence-electron chi connectivity index (χ1n) is 3.95. The van der Waals surface area contributed by atoms with Crippen LogP contribution in [0.1, 0.15) is 16.7 Å². The predicted octanol–water partition coefficient (Wildman–Crippen LogP) is 1.63. The summed E-state index contributed by atoms with van der Waals surface area (Å²) in [5, 5.41) is 17.2. The van der Waals surface area contributed by atoms with Crippen molar-refractivity contribution < 1.29 is 14.3 Å². The normalized spacial score (nSPS) is 9.50. The fraction of sp³-hybridized carbons (Fsp3) is 0.200. The molecule has 0 atom stereocenters. The van der Waals surface area contributed by atoms with E-state index in [2.05, 4.69) is 0 Å². The number of hydrogen-bond acceptors (Lipinski definition) is 2. The van der Waals surface area contributed by atoms with Gasteiger partial charge in [-0.2, -0.15) is 5.26 Å². The molecule has 1 rings (SSSR count). The summed E-state index contributed by atoms with van der Waals surface area (Å²) < 4.78 is 13.2. The summed E-state index contributed by atoms with van der Waals surface area (Å²) in [5.74, 6) is -1.78. The van der Waals surface area contributed by atoms with E-state index in [0.717, 1.165) is 0 Å². The zero-order valence-corrected chi connectivity index (χ0v) is 7.54. The van der Waals surface area contributed by atoms with Crippen LogP contribution in [-0.2, 0) is 11.2 Å². The second-order valence-electron chi connectivity index (χ2n) is 2.96. The first kappa shape index (κ1) is 10.2. The standard InChI is InChI=1S/C10H8FNO2/c1-6-2-7(5-12)8(4-10(13)14)9(11)3-6/h2-3H,4H2,1H3,(H,13,14). The van der Waals surface area contributed by atoms with Crippen molar-refractivity contribution in [1.29, 1.82) is 5.26 Å². The highest BCUT2D eigenvalue weighted by Gasteiger charge is 2.12. The highest BCUT2D eigenvalue weighted by Crippen LogP contribution is 2.16. The predicted molar refractivity (Wildman–Crippen MR) is 47.2 cm³/mol. The molecule has 0 aliphatic carbocycles. The van der Waals surface area contributed by atoms with Gasteiger partial charge in [0, 0.05) is 5.56 Å². The van der Waals surface area contributed by atoms with Gasteiger partial charge in [-0.05, 0) is 24.6 Å². The Hall–Kier alpha value is -1.89. The second kappa shape index (κ2) is 3.88. The maximum absolute atomic E-state index is 13.2. The van der Waals surface area contributed by atoms with Crippen molar-refractivity contribution in [2.24, 2.45) is 0 Å². The van der Waals surface area contributed by atoms with E-state index in [4.69, 9.17) is 10.4 Å². The molecule has 1 aromatic carbocycles. The first-order chi connectivity index (χ1) is 6.54. The molecule has 0 aromatic heterocycles. The van der Waals surface area contributed by atoms with Gasteiger partial charge in [-0.1, -0.05) is 0 Å². The van der Waals surface area contributed by atoms with Gasteiger partial charge in [0.2, 0.25) is 0 Å². The van der Waals surface area contributed by atoms with Crippen LogP contribution in [0.4, 0.5) is 4.39 Å². The Morgan fingerprint density at radius 2 is 2.29 bits per heavy atom. The number of hydrogen-bond donors (Lipinski definition) is 1. The quantitative estimate of drug-likeness (QED) is 0.776. The van der Waals surface area contributed by atoms with Crippen molar-refractivity contribution in [3.05, 3.63) is 34.6 Å². The number of benzene rings is 1. The zero-order chi connectivity index (χ0) is 10.7. The molecule has 0 aliphatic rings. The number of nitriles is 1. The molecule has 0 saturated carbocycles. The van der Waals surface area contributed by atoms with Crippen molar-refractivity contribution in [3.8, 4) is 6.07 Å². The van der Waals surface area contributed by atoms with Crippen molar-refractivity contribution in [3.63, 3.8) is 0 Å². The summed E-state index contributed by atoms with van der Waals surface area (Å²) in [7, 11) is 0. The number of rotatable bonds is 2. The van der Waals surface area contributed by atoms with Crippen LogP contribution in [0.25, 0.3) is 0 Å². The Balaban J connectivity index is 3.27. The fourth-order valence-electron chi connectivity index (χ4n) is 1.20. The van der Waals surface area contributed by atoms with Gasteiger partial charge in [-0.3, -0.25) is 4.79 Å². The minimum Gasteiger partial charge on any atom is -0.481 e. The second-order valence-corrected chi connectivity index (χ2v) is 2.96. The van der Waals surface area contributed by atoms with Crippen LogP contribution in [0.3, 0.4) is 0 Å². The van der Waals surface area contributed by atoms with E-state index < -0.39 is 18.2 Å². The molecule has 0 bridgehead atoms. The lowest BCUT2D eigenvalue weighted by molar-refractivity contribution is -0.136. The van der Waals surface area contributed by atoms with E-state index in [1.807, 2.05) is 0 Å². The Bertz CT molecular complexity index is 421. The first-order valence-corrected chi connectivity index (χ1v) is 3.95. The van der Waals surface area contributed by atoms with Crippen LogP contribution >= 0.6 is 0 Å². The maximum atomic E-state index is 13.2. The largest absolute Gasteiger partial charge is 0.481 e. The van der Waals surface area contributed by atoms with Crippen LogP contribution < -0.4 is 0 Å². The number of carboxylic acids is 1. The SMILES string of the molecule is Cc1cc(F)c(CC(=O)O)c(C#N)c1. The lowest BCUT2D eigenvalue weighted by Gasteiger charge is -2.03. The maximum Gasteiger partial charge on any atom is 0.307 e. The average molecular weight is 193 g/mol. The molecule has 0 fully saturated rings. The molecule has 4 heteroatoms. The third-order valence-corrected chi connectivity index (χ3v) is 1.79. The van der Waals surface area contributed by atoms with Gasteiger partial charge in [0.25, 0.3) is 0 Å². The van der Waals surface area contributed by atoms with E-state index in [-0.39, 0.29) is 11.1 Å². The van der Waals surface area contributed by atoms with Crippen molar-refractivity contribution in [2.45, 2.75) is 13.3 Å². The van der Waals surface area contributed by atoms with Crippen LogP contribution in [-0.4, -0.2) is 11.1 Å². The third-order valence-electron chi connectivity index (χ3n) is 1.79. The Labute approximate surface area is 80.4 Å². The molecule has 0 amide bonds. The molecule has 0 heterocycles. The lowest BCUT2D eigenvalue weighted by atomic mass is 10.0. The molecular formula is C10H8FNO2. The summed E-state index contributed by atoms with van der Waals surface area (Å²) in [5.41, 5.74) is 0.642. The van der Waals surface area contributed by atoms with E-state index in [9.17, 15) is 9.18 Å². The molecule has 14 heavy (non-hydrogen) atoms. The molecule has 1 aromatic rings. The highest BCUT2D eigenvalue weighted by atomic mass is 19.1. The van der Waals surface area contributed by atoms with E-state index in [1.54, 1.807) is 13.0 Å². The number of halogens is 1. The molecule has 72 valence electrons. The number of nitrogens with zero attached hydrogens (tertiary/aromatic N) is 1. The van der Waals surface area contributed by atoms with Gasteiger partial charge < -0.3 is 5.11 Å². The van der Waals surface area contributed by atoms with Gasteiger partial charge in [0.1, 0.15) is 5.82 Å². The van der Waals surface area contributed by atoms with E-state index in [1.165, 1.54) is 12.1 Å². The fourth-order valence-corrected chi connectivity index (χ4v) is 1.20. The molecule has 0 aliphatic heterocycles. The van der Waals surface area contributed by atoms with Crippen LogP contribution in [0.2, 0.25) is 0 Å². The topological polar surface area (TPSA) is 61.1 Å². The van der Waals surface area contributed by atoms with E-state index in [0.29, 0.717) is 5.56 Å². The molecule has 3 nitrogen and oxygen atoms in total. The van der Waals surface area contributed by atoms with Crippen LogP contribution in [0.5, 0.6) is 0 Å². The van der Waals surface area contributed by atoms with Crippen molar-refractivity contribution in [2.75, 3.05) is 0 Å². The molecule has 1 N–H and O–H groups in total. The average Bonchev–Trinajstić information content (AvgIpc) is 2.08. The van der Waals surface area contributed by atoms with Crippen LogP contribution in [0.15, 0.2) is 12.1 Å². The Morgan fingerprint density at radius 3 is 2.79 bits per heavy atom. The smallest absolute Gasteiger partial charge is 0.307 e. The molecule has 0 saturated heterocycles. The van der Waals surface area contributed by atoms with Crippen molar-refractivity contribution >= 4 is 5.97 Å². The Kier molecular flexibility index (Phi) is 2.82. The lowest BCUT2D eigenvalue weighted by Crippen LogP contribution is -2.05. The molecular weight excluding hydrogens is 185 g/mol. The van der Waals surface area contributed by atoms with Crippen LogP contribution in [0, 0.1) is 24.1 Å². The molecule has 0 spiro atoms. The summed E-state index contributed by atoms with van der Waals surface area (Å²) in [6, 6.07) is 4.47. The van der Waals surface area contributed by atoms with Gasteiger partial charge in [0.05, 0.1) is 18.1 Å². The molecule has 0 radical (unpaired) electrons. The minimum absolute atomic E-state index is 0.0504. The summed E-state index contributed by atoms with van der Waals surface area (Å²) >= 11 is 0. The summed E-state index contributed by atoms with van der Waals surface area (Å²) in [6.07, 6.45) is -0.463. The van der Waals surface area contributed by atoms with Gasteiger partial charge in [-0.15, -0.1) is 0 Å². The molecule has 0 unspecified atom stereocenters. The monoisotopic (exact) mass is 193 g/mol. The number of aliphatic carboxylic acids is 1. The van der Waals surface area contributed by atoms with Gasteiger partial charge in [0.15, 0.2) is 0 Å². The van der Waals surface area contributed by atoms with Gasteiger partial charge >= 0.3 is 5.97 Å². The number of carbonyl (C=O) groups is 1. The van der Waals surface area contributed by atoms with Crippen molar-refractivity contribution in [1.82, 2.24) is 0 Å². The summed E-state index contributed by atoms with van der Waals surface area (Å²) in [6.45, 7) is 1.65. The summed E-state index contributed by atoms with van der Waals surface area (Å²) in [4.78, 5) is 10.4. The number of aryl methyl sites for hydroxylation is 1. The van der Waals surface area contributed by atoms with E-state index >= 15 is 0 Å². The third kappa shape index (κ3) is 2.07. The van der Waals surface area contributed by atoms with Gasteiger partial charge in [-0.25, -0.2) is 4.39 Å². The Morgan fingerprint density at radius 1 is 1.64 bits per heavy atom.